The second-order valence-electron chi connectivity index (χ2n) is 4.07. The van der Waals surface area contributed by atoms with Crippen molar-refractivity contribution in [3.8, 4) is 6.07 Å². The van der Waals surface area contributed by atoms with Gasteiger partial charge in [-0.2, -0.15) is 5.26 Å². The van der Waals surface area contributed by atoms with Crippen molar-refractivity contribution < 1.29 is 9.53 Å². The van der Waals surface area contributed by atoms with E-state index in [4.69, 9.17) is 10.00 Å². The number of amides is 1. The lowest BCUT2D eigenvalue weighted by Crippen LogP contribution is -2.40. The molecule has 1 saturated heterocycles. The van der Waals surface area contributed by atoms with Gasteiger partial charge in [-0.1, -0.05) is 33.8 Å². The summed E-state index contributed by atoms with van der Waals surface area (Å²) in [6.07, 6.45) is 0. The van der Waals surface area contributed by atoms with Crippen LogP contribution in [0.3, 0.4) is 0 Å². The number of benzene rings is 1. The Kier molecular flexibility index (Phi) is 9.91. The number of nitrogens with zero attached hydrogens (tertiary/aromatic N) is 2. The molecule has 116 valence electrons. The van der Waals surface area contributed by atoms with Gasteiger partial charge in [0.25, 0.3) is 5.91 Å². The summed E-state index contributed by atoms with van der Waals surface area (Å²) >= 11 is 0. The molecule has 4 heteroatoms. The van der Waals surface area contributed by atoms with Crippen LogP contribution in [-0.2, 0) is 4.74 Å². The van der Waals surface area contributed by atoms with Crippen molar-refractivity contribution in [3.05, 3.63) is 34.9 Å². The SMILES string of the molecule is CC.CC.Cc1ccc(C(=O)N2CCOCC2)c(C#N)c1. The van der Waals surface area contributed by atoms with Crippen LogP contribution in [0.15, 0.2) is 18.2 Å². The van der Waals surface area contributed by atoms with Gasteiger partial charge in [0.15, 0.2) is 0 Å². The van der Waals surface area contributed by atoms with Gasteiger partial charge >= 0.3 is 0 Å². The highest BCUT2D eigenvalue weighted by molar-refractivity contribution is 5.96. The van der Waals surface area contributed by atoms with E-state index in [-0.39, 0.29) is 5.91 Å². The fourth-order valence-corrected chi connectivity index (χ4v) is 1.87. The summed E-state index contributed by atoms with van der Waals surface area (Å²) in [5.41, 5.74) is 1.92. The lowest BCUT2D eigenvalue weighted by Gasteiger charge is -2.27. The average Bonchev–Trinajstić information content (AvgIpc) is 2.58. The summed E-state index contributed by atoms with van der Waals surface area (Å²) in [6.45, 7) is 12.2. The zero-order chi connectivity index (χ0) is 16.3. The molecule has 1 aromatic rings. The molecule has 1 heterocycles. The summed E-state index contributed by atoms with van der Waals surface area (Å²) in [5, 5.41) is 9.04. The Morgan fingerprint density at radius 2 is 1.76 bits per heavy atom. The topological polar surface area (TPSA) is 53.3 Å². The average molecular weight is 290 g/mol. The first-order valence-corrected chi connectivity index (χ1v) is 7.60. The number of nitriles is 1. The Labute approximate surface area is 128 Å². The maximum atomic E-state index is 12.2. The normalized spacial score (nSPS) is 13.0. The molecule has 1 aliphatic rings. The number of morpholine rings is 1. The number of carbonyl (C=O) groups excluding carboxylic acids is 1. The van der Waals surface area contributed by atoms with Crippen LogP contribution in [0.2, 0.25) is 0 Å². The minimum Gasteiger partial charge on any atom is -0.378 e. The van der Waals surface area contributed by atoms with Gasteiger partial charge in [0, 0.05) is 13.1 Å². The molecule has 4 nitrogen and oxygen atoms in total. The molecule has 2 rings (SSSR count). The summed E-state index contributed by atoms with van der Waals surface area (Å²) in [5.74, 6) is -0.0788. The molecule has 0 atom stereocenters. The van der Waals surface area contributed by atoms with Crippen LogP contribution >= 0.6 is 0 Å². The van der Waals surface area contributed by atoms with Crippen LogP contribution in [0.4, 0.5) is 0 Å². The zero-order valence-corrected chi connectivity index (χ0v) is 13.8. The van der Waals surface area contributed by atoms with Crippen molar-refractivity contribution in [1.82, 2.24) is 4.90 Å². The van der Waals surface area contributed by atoms with Crippen molar-refractivity contribution in [1.29, 1.82) is 5.26 Å². The molecule has 1 aliphatic heterocycles. The number of hydrogen-bond donors (Lipinski definition) is 0. The van der Waals surface area contributed by atoms with Gasteiger partial charge < -0.3 is 9.64 Å². The van der Waals surface area contributed by atoms with Crippen molar-refractivity contribution >= 4 is 5.91 Å². The molecule has 1 fully saturated rings. The first kappa shape index (κ1) is 19.1. The van der Waals surface area contributed by atoms with E-state index < -0.39 is 0 Å². The van der Waals surface area contributed by atoms with Crippen LogP contribution < -0.4 is 0 Å². The number of ether oxygens (including phenoxy) is 1. The van der Waals surface area contributed by atoms with E-state index in [0.717, 1.165) is 5.56 Å². The lowest BCUT2D eigenvalue weighted by molar-refractivity contribution is 0.0302. The van der Waals surface area contributed by atoms with E-state index in [1.54, 1.807) is 17.0 Å². The van der Waals surface area contributed by atoms with Crippen molar-refractivity contribution in [2.75, 3.05) is 26.3 Å². The number of rotatable bonds is 1. The smallest absolute Gasteiger partial charge is 0.255 e. The Morgan fingerprint density at radius 1 is 1.19 bits per heavy atom. The molecule has 21 heavy (non-hydrogen) atoms. The predicted molar refractivity (Wildman–Crippen MR) is 85.3 cm³/mol. The quantitative estimate of drug-likeness (QED) is 0.796. The van der Waals surface area contributed by atoms with Gasteiger partial charge in [-0.25, -0.2) is 0 Å². The molecule has 1 aromatic carbocycles. The van der Waals surface area contributed by atoms with E-state index in [2.05, 4.69) is 6.07 Å². The molecule has 0 spiro atoms. The van der Waals surface area contributed by atoms with E-state index in [1.807, 2.05) is 40.7 Å². The predicted octanol–water partition coefficient (Wildman–Crippen LogP) is 3.39. The Balaban J connectivity index is 0.000000921. The summed E-state index contributed by atoms with van der Waals surface area (Å²) in [6, 6.07) is 7.40. The highest BCUT2D eigenvalue weighted by atomic mass is 16.5. The highest BCUT2D eigenvalue weighted by Crippen LogP contribution is 2.14. The zero-order valence-electron chi connectivity index (χ0n) is 13.8. The monoisotopic (exact) mass is 290 g/mol. The lowest BCUT2D eigenvalue weighted by atomic mass is 10.0. The molecule has 0 bridgehead atoms. The van der Waals surface area contributed by atoms with Gasteiger partial charge in [-0.05, 0) is 24.6 Å². The Bertz CT molecular complexity index is 472. The molecule has 0 N–H and O–H groups in total. The van der Waals surface area contributed by atoms with E-state index in [0.29, 0.717) is 37.4 Å². The highest BCUT2D eigenvalue weighted by Gasteiger charge is 2.20. The minimum absolute atomic E-state index is 0.0788. The standard InChI is InChI=1S/C13H14N2O2.2C2H6/c1-10-2-3-12(11(8-10)9-14)13(16)15-4-6-17-7-5-15;2*1-2/h2-3,8H,4-7H2,1H3;2*1-2H3. The van der Waals surface area contributed by atoms with Gasteiger partial charge in [0.05, 0.1) is 30.4 Å². The third kappa shape index (κ3) is 5.57. The molecule has 0 saturated carbocycles. The van der Waals surface area contributed by atoms with Crippen molar-refractivity contribution in [2.24, 2.45) is 0 Å². The van der Waals surface area contributed by atoms with Gasteiger partial charge in [0.2, 0.25) is 0 Å². The minimum atomic E-state index is -0.0788. The fourth-order valence-electron chi connectivity index (χ4n) is 1.87. The van der Waals surface area contributed by atoms with Crippen molar-refractivity contribution in [3.63, 3.8) is 0 Å². The Hall–Kier alpha value is -1.86. The number of hydrogen-bond acceptors (Lipinski definition) is 3. The largest absolute Gasteiger partial charge is 0.378 e. The molecular weight excluding hydrogens is 264 g/mol. The van der Waals surface area contributed by atoms with Gasteiger partial charge in [-0.15, -0.1) is 0 Å². The molecular formula is C17H26N2O2. The maximum Gasteiger partial charge on any atom is 0.255 e. The van der Waals surface area contributed by atoms with Crippen LogP contribution in [-0.4, -0.2) is 37.1 Å². The second kappa shape index (κ2) is 10.9. The first-order chi connectivity index (χ1) is 10.2. The second-order valence-corrected chi connectivity index (χ2v) is 4.07. The van der Waals surface area contributed by atoms with E-state index in [1.165, 1.54) is 0 Å². The molecule has 0 aromatic heterocycles. The fraction of sp³-hybridized carbons (Fsp3) is 0.529. The number of carbonyl (C=O) groups is 1. The molecule has 0 aliphatic carbocycles. The van der Waals surface area contributed by atoms with Gasteiger partial charge in [-0.3, -0.25) is 4.79 Å². The summed E-state index contributed by atoms with van der Waals surface area (Å²) < 4.78 is 5.20. The first-order valence-electron chi connectivity index (χ1n) is 7.60. The number of aryl methyl sites for hydroxylation is 1. The van der Waals surface area contributed by atoms with Gasteiger partial charge in [0.1, 0.15) is 0 Å². The summed E-state index contributed by atoms with van der Waals surface area (Å²) in [7, 11) is 0. The molecule has 1 amide bonds. The van der Waals surface area contributed by atoms with E-state index >= 15 is 0 Å². The van der Waals surface area contributed by atoms with E-state index in [9.17, 15) is 4.79 Å². The summed E-state index contributed by atoms with van der Waals surface area (Å²) in [4.78, 5) is 13.9. The molecule has 0 unspecified atom stereocenters. The Morgan fingerprint density at radius 3 is 2.29 bits per heavy atom. The van der Waals surface area contributed by atoms with Crippen LogP contribution in [0, 0.1) is 18.3 Å². The molecule has 0 radical (unpaired) electrons. The van der Waals surface area contributed by atoms with Crippen LogP contribution in [0.25, 0.3) is 0 Å². The third-order valence-corrected chi connectivity index (χ3v) is 2.82. The van der Waals surface area contributed by atoms with Crippen molar-refractivity contribution in [2.45, 2.75) is 34.6 Å². The van der Waals surface area contributed by atoms with Crippen LogP contribution in [0.5, 0.6) is 0 Å². The van der Waals surface area contributed by atoms with Crippen LogP contribution in [0.1, 0.15) is 49.2 Å². The maximum absolute atomic E-state index is 12.2. The third-order valence-electron chi connectivity index (χ3n) is 2.82.